The highest BCUT2D eigenvalue weighted by Crippen LogP contribution is 2.19. The minimum absolute atomic E-state index is 0.264. The molecule has 7 nitrogen and oxygen atoms in total. The van der Waals surface area contributed by atoms with E-state index in [1.54, 1.807) is 31.3 Å². The number of carbonyl (C=O) groups is 1. The molecule has 0 saturated heterocycles. The maximum atomic E-state index is 13.0. The summed E-state index contributed by atoms with van der Waals surface area (Å²) in [4.78, 5) is 23.2. The number of carbonyl (C=O) groups excluding carboxylic acids is 1. The van der Waals surface area contributed by atoms with E-state index in [4.69, 9.17) is 4.52 Å². The van der Waals surface area contributed by atoms with Crippen molar-refractivity contribution in [3.05, 3.63) is 59.9 Å². The molecule has 1 N–H and O–H groups in total. The Labute approximate surface area is 162 Å². The van der Waals surface area contributed by atoms with E-state index in [2.05, 4.69) is 39.2 Å². The number of benzene rings is 1. The summed E-state index contributed by atoms with van der Waals surface area (Å²) < 4.78 is 18.3. The van der Waals surface area contributed by atoms with Crippen LogP contribution < -0.4 is 10.2 Å². The first-order valence-electron chi connectivity index (χ1n) is 9.13. The molecule has 28 heavy (non-hydrogen) atoms. The highest BCUT2D eigenvalue weighted by Gasteiger charge is 2.18. The van der Waals surface area contributed by atoms with E-state index in [-0.39, 0.29) is 17.6 Å². The average molecular weight is 383 g/mol. The Balaban J connectivity index is 1.66. The number of anilines is 1. The SMILES string of the molecule is CCN(CC)c1ccc(C(=O)NC(C)c2nc(-c3ccc(F)cc3)no2)cn1. The van der Waals surface area contributed by atoms with Crippen LogP contribution in [-0.2, 0) is 0 Å². The molecule has 0 aliphatic carbocycles. The number of hydrogen-bond acceptors (Lipinski definition) is 6. The summed E-state index contributed by atoms with van der Waals surface area (Å²) in [6, 6.07) is 8.85. The van der Waals surface area contributed by atoms with E-state index < -0.39 is 6.04 Å². The number of pyridine rings is 1. The van der Waals surface area contributed by atoms with Crippen LogP contribution in [0.5, 0.6) is 0 Å². The molecule has 1 amide bonds. The van der Waals surface area contributed by atoms with Crippen LogP contribution in [0.3, 0.4) is 0 Å². The smallest absolute Gasteiger partial charge is 0.253 e. The van der Waals surface area contributed by atoms with Crippen molar-refractivity contribution >= 4 is 11.7 Å². The van der Waals surface area contributed by atoms with Crippen molar-refractivity contribution in [2.75, 3.05) is 18.0 Å². The van der Waals surface area contributed by atoms with Crippen molar-refractivity contribution in [1.29, 1.82) is 0 Å². The largest absolute Gasteiger partial charge is 0.357 e. The zero-order valence-corrected chi connectivity index (χ0v) is 16.0. The van der Waals surface area contributed by atoms with Gasteiger partial charge in [-0.25, -0.2) is 9.37 Å². The Bertz CT molecular complexity index is 921. The molecular weight excluding hydrogens is 361 g/mol. The molecule has 0 saturated carbocycles. The molecule has 1 atom stereocenters. The lowest BCUT2D eigenvalue weighted by molar-refractivity contribution is 0.0932. The number of rotatable bonds is 7. The molecule has 3 aromatic rings. The Morgan fingerprint density at radius 1 is 1.18 bits per heavy atom. The van der Waals surface area contributed by atoms with Crippen molar-refractivity contribution in [2.24, 2.45) is 0 Å². The van der Waals surface area contributed by atoms with Crippen LogP contribution in [0.15, 0.2) is 47.1 Å². The lowest BCUT2D eigenvalue weighted by Gasteiger charge is -2.19. The number of hydrogen-bond donors (Lipinski definition) is 1. The molecule has 8 heteroatoms. The van der Waals surface area contributed by atoms with Crippen LogP contribution in [-0.4, -0.2) is 34.1 Å². The minimum atomic E-state index is -0.489. The number of nitrogens with one attached hydrogen (secondary N) is 1. The van der Waals surface area contributed by atoms with E-state index >= 15 is 0 Å². The summed E-state index contributed by atoms with van der Waals surface area (Å²) in [5.74, 6) is 0.804. The van der Waals surface area contributed by atoms with E-state index in [1.807, 2.05) is 6.07 Å². The standard InChI is InChI=1S/C20H22FN5O2/c1-4-26(5-2)17-11-8-15(12-22-17)19(27)23-13(3)20-24-18(25-28-20)14-6-9-16(21)10-7-14/h6-13H,4-5H2,1-3H3,(H,23,27). The molecular formula is C20H22FN5O2. The van der Waals surface area contributed by atoms with Gasteiger partial charge in [0.15, 0.2) is 0 Å². The monoisotopic (exact) mass is 383 g/mol. The minimum Gasteiger partial charge on any atom is -0.357 e. The van der Waals surface area contributed by atoms with Gasteiger partial charge in [0, 0.05) is 24.8 Å². The second-order valence-electron chi connectivity index (χ2n) is 6.24. The van der Waals surface area contributed by atoms with Gasteiger partial charge in [0.1, 0.15) is 17.7 Å². The molecule has 0 aliphatic heterocycles. The van der Waals surface area contributed by atoms with Gasteiger partial charge >= 0.3 is 0 Å². The fraction of sp³-hybridized carbons (Fsp3) is 0.300. The van der Waals surface area contributed by atoms with Crippen LogP contribution in [0.25, 0.3) is 11.4 Å². The molecule has 0 fully saturated rings. The molecule has 2 heterocycles. The maximum absolute atomic E-state index is 13.0. The van der Waals surface area contributed by atoms with Gasteiger partial charge in [-0.15, -0.1) is 0 Å². The van der Waals surface area contributed by atoms with Gasteiger partial charge in [0.25, 0.3) is 5.91 Å². The Kier molecular flexibility index (Phi) is 5.98. The van der Waals surface area contributed by atoms with E-state index in [1.165, 1.54) is 12.1 Å². The second-order valence-corrected chi connectivity index (χ2v) is 6.24. The topological polar surface area (TPSA) is 84.2 Å². The van der Waals surface area contributed by atoms with Crippen LogP contribution in [0.2, 0.25) is 0 Å². The Hall–Kier alpha value is -3.29. The summed E-state index contributed by atoms with van der Waals surface area (Å²) >= 11 is 0. The van der Waals surface area contributed by atoms with Crippen LogP contribution in [0, 0.1) is 5.82 Å². The van der Waals surface area contributed by atoms with Crippen LogP contribution >= 0.6 is 0 Å². The molecule has 0 bridgehead atoms. The van der Waals surface area contributed by atoms with Gasteiger partial charge in [0.05, 0.1) is 5.56 Å². The van der Waals surface area contributed by atoms with Gasteiger partial charge in [0.2, 0.25) is 11.7 Å². The summed E-state index contributed by atoms with van der Waals surface area (Å²) in [5, 5.41) is 6.70. The van der Waals surface area contributed by atoms with Crippen molar-refractivity contribution in [3.63, 3.8) is 0 Å². The zero-order valence-electron chi connectivity index (χ0n) is 16.0. The number of amides is 1. The van der Waals surface area contributed by atoms with Gasteiger partial charge in [-0.05, 0) is 57.2 Å². The van der Waals surface area contributed by atoms with Gasteiger partial charge < -0.3 is 14.7 Å². The number of aromatic nitrogens is 3. The maximum Gasteiger partial charge on any atom is 0.253 e. The van der Waals surface area contributed by atoms with Gasteiger partial charge in [-0.3, -0.25) is 4.79 Å². The van der Waals surface area contributed by atoms with Crippen molar-refractivity contribution < 1.29 is 13.7 Å². The summed E-state index contributed by atoms with van der Waals surface area (Å²) in [6.07, 6.45) is 1.55. The predicted octanol–water partition coefficient (Wildman–Crippen LogP) is 3.61. The Morgan fingerprint density at radius 3 is 2.50 bits per heavy atom. The van der Waals surface area contributed by atoms with E-state index in [0.717, 1.165) is 18.9 Å². The fourth-order valence-electron chi connectivity index (χ4n) is 2.72. The van der Waals surface area contributed by atoms with E-state index in [0.29, 0.717) is 17.0 Å². The highest BCUT2D eigenvalue weighted by molar-refractivity contribution is 5.94. The second kappa shape index (κ2) is 8.60. The quantitative estimate of drug-likeness (QED) is 0.671. The van der Waals surface area contributed by atoms with Crippen LogP contribution in [0.4, 0.5) is 10.2 Å². The first kappa shape index (κ1) is 19.5. The average Bonchev–Trinajstić information content (AvgIpc) is 3.20. The molecule has 0 aliphatic rings. The first-order chi connectivity index (χ1) is 13.5. The third kappa shape index (κ3) is 4.33. The lowest BCUT2D eigenvalue weighted by Crippen LogP contribution is -2.27. The predicted molar refractivity (Wildman–Crippen MR) is 103 cm³/mol. The molecule has 1 unspecified atom stereocenters. The Morgan fingerprint density at radius 2 is 1.89 bits per heavy atom. The fourth-order valence-corrected chi connectivity index (χ4v) is 2.72. The third-order valence-corrected chi connectivity index (χ3v) is 4.36. The molecule has 146 valence electrons. The van der Waals surface area contributed by atoms with Crippen LogP contribution in [0.1, 0.15) is 43.1 Å². The molecule has 0 spiro atoms. The molecule has 2 aromatic heterocycles. The van der Waals surface area contributed by atoms with Crippen molar-refractivity contribution in [2.45, 2.75) is 26.8 Å². The molecule has 1 aromatic carbocycles. The normalized spacial score (nSPS) is 11.9. The first-order valence-corrected chi connectivity index (χ1v) is 9.13. The number of nitrogens with zero attached hydrogens (tertiary/aromatic N) is 4. The molecule has 0 radical (unpaired) electrons. The van der Waals surface area contributed by atoms with Crippen molar-refractivity contribution in [1.82, 2.24) is 20.4 Å². The van der Waals surface area contributed by atoms with Gasteiger partial charge in [-0.1, -0.05) is 5.16 Å². The van der Waals surface area contributed by atoms with E-state index in [9.17, 15) is 9.18 Å². The lowest BCUT2D eigenvalue weighted by atomic mass is 10.2. The summed E-state index contributed by atoms with van der Waals surface area (Å²) in [6.45, 7) is 7.55. The highest BCUT2D eigenvalue weighted by atomic mass is 19.1. The summed E-state index contributed by atoms with van der Waals surface area (Å²) in [5.41, 5.74) is 1.08. The molecule has 3 rings (SSSR count). The van der Waals surface area contributed by atoms with Gasteiger partial charge in [-0.2, -0.15) is 4.98 Å². The summed E-state index contributed by atoms with van der Waals surface area (Å²) in [7, 11) is 0. The zero-order chi connectivity index (χ0) is 20.1. The number of halogens is 1. The third-order valence-electron chi connectivity index (χ3n) is 4.36. The van der Waals surface area contributed by atoms with Crippen molar-refractivity contribution in [3.8, 4) is 11.4 Å².